The van der Waals surface area contributed by atoms with Gasteiger partial charge in [0.2, 0.25) is 10.0 Å². The van der Waals surface area contributed by atoms with Crippen molar-refractivity contribution in [2.75, 3.05) is 25.1 Å². The topological polar surface area (TPSA) is 105 Å². The van der Waals surface area contributed by atoms with Crippen LogP contribution in [-0.2, 0) is 14.8 Å². The standard InChI is InChI=1S/C21H20FN3O4S/c1-29-21(26)17-11-15(30(23,27)28)3-5-20(17)25-8-6-13(7-9-25)18-12-24-19-10-14(22)2-4-16(18)19/h2-6,10-12,24H,7-9H2,1H3,(H2,23,27,28). The fraction of sp³-hybridized carbons (Fsp3) is 0.190. The second-order valence-electron chi connectivity index (χ2n) is 7.03. The van der Waals surface area contributed by atoms with Crippen molar-refractivity contribution < 1.29 is 22.3 Å². The zero-order chi connectivity index (χ0) is 21.5. The van der Waals surface area contributed by atoms with Crippen molar-refractivity contribution in [1.82, 2.24) is 4.98 Å². The molecule has 1 aromatic heterocycles. The third-order valence-corrected chi connectivity index (χ3v) is 6.15. The molecule has 1 aliphatic rings. The second kappa shape index (κ2) is 7.58. The minimum Gasteiger partial charge on any atom is -0.465 e. The van der Waals surface area contributed by atoms with E-state index in [2.05, 4.69) is 4.98 Å². The van der Waals surface area contributed by atoms with Gasteiger partial charge >= 0.3 is 5.97 Å². The SMILES string of the molecule is COC(=O)c1cc(S(N)(=O)=O)ccc1N1CC=C(c2c[nH]c3cc(F)ccc23)CC1. The van der Waals surface area contributed by atoms with Gasteiger partial charge in [0.05, 0.1) is 23.3 Å². The molecule has 3 aromatic rings. The van der Waals surface area contributed by atoms with Gasteiger partial charge in [-0.15, -0.1) is 0 Å². The average Bonchev–Trinajstić information content (AvgIpc) is 3.15. The van der Waals surface area contributed by atoms with E-state index in [1.54, 1.807) is 12.1 Å². The number of H-pyrrole nitrogens is 1. The van der Waals surface area contributed by atoms with Gasteiger partial charge in [0.1, 0.15) is 5.82 Å². The molecule has 4 rings (SSSR count). The van der Waals surface area contributed by atoms with Crippen molar-refractivity contribution >= 4 is 38.2 Å². The largest absolute Gasteiger partial charge is 0.465 e. The highest BCUT2D eigenvalue weighted by molar-refractivity contribution is 7.89. The molecule has 0 saturated heterocycles. The number of benzene rings is 2. The molecular formula is C21H20FN3O4S. The lowest BCUT2D eigenvalue weighted by atomic mass is 9.98. The third kappa shape index (κ3) is 3.69. The fourth-order valence-corrected chi connectivity index (χ4v) is 4.28. The van der Waals surface area contributed by atoms with Crippen molar-refractivity contribution in [1.29, 1.82) is 0 Å². The highest BCUT2D eigenvalue weighted by atomic mass is 32.2. The number of hydrogen-bond donors (Lipinski definition) is 2. The lowest BCUT2D eigenvalue weighted by Gasteiger charge is -2.30. The van der Waals surface area contributed by atoms with Crippen LogP contribution >= 0.6 is 0 Å². The van der Waals surface area contributed by atoms with Gasteiger partial charge in [-0.3, -0.25) is 0 Å². The van der Waals surface area contributed by atoms with Crippen LogP contribution in [0.2, 0.25) is 0 Å². The Kier molecular flexibility index (Phi) is 5.08. The Bertz CT molecular complexity index is 1280. The molecule has 1 aliphatic heterocycles. The van der Waals surface area contributed by atoms with Gasteiger partial charge in [-0.2, -0.15) is 0 Å². The molecule has 0 aliphatic carbocycles. The zero-order valence-electron chi connectivity index (χ0n) is 16.2. The number of esters is 1. The van der Waals surface area contributed by atoms with Crippen LogP contribution in [0, 0.1) is 5.82 Å². The Morgan fingerprint density at radius 1 is 1.23 bits per heavy atom. The summed E-state index contributed by atoms with van der Waals surface area (Å²) in [7, 11) is -2.71. The van der Waals surface area contributed by atoms with E-state index < -0.39 is 16.0 Å². The monoisotopic (exact) mass is 429 g/mol. The molecule has 0 amide bonds. The van der Waals surface area contributed by atoms with E-state index >= 15 is 0 Å². The summed E-state index contributed by atoms with van der Waals surface area (Å²) in [6.07, 6.45) is 4.61. The smallest absolute Gasteiger partial charge is 0.340 e. The highest BCUT2D eigenvalue weighted by Crippen LogP contribution is 2.32. The Hall–Kier alpha value is -3.17. The first kappa shape index (κ1) is 20.1. The molecule has 156 valence electrons. The van der Waals surface area contributed by atoms with Gasteiger partial charge in [-0.1, -0.05) is 6.08 Å². The van der Waals surface area contributed by atoms with Gasteiger partial charge in [-0.05, 0) is 48.4 Å². The number of halogens is 1. The summed E-state index contributed by atoms with van der Waals surface area (Å²) in [6.45, 7) is 1.13. The predicted molar refractivity (Wildman–Crippen MR) is 112 cm³/mol. The number of ether oxygens (including phenoxy) is 1. The van der Waals surface area contributed by atoms with Gasteiger partial charge in [0.15, 0.2) is 0 Å². The van der Waals surface area contributed by atoms with E-state index in [0.717, 1.165) is 22.0 Å². The maximum Gasteiger partial charge on any atom is 0.340 e. The number of anilines is 1. The first-order chi connectivity index (χ1) is 14.3. The summed E-state index contributed by atoms with van der Waals surface area (Å²) in [5, 5.41) is 6.14. The first-order valence-electron chi connectivity index (χ1n) is 9.24. The quantitative estimate of drug-likeness (QED) is 0.620. The van der Waals surface area contributed by atoms with Crippen LogP contribution < -0.4 is 10.0 Å². The van der Waals surface area contributed by atoms with Gasteiger partial charge in [0, 0.05) is 35.8 Å². The molecule has 30 heavy (non-hydrogen) atoms. The number of fused-ring (bicyclic) bond motifs is 1. The number of methoxy groups -OCH3 is 1. The van der Waals surface area contributed by atoms with Crippen molar-refractivity contribution in [3.05, 3.63) is 65.6 Å². The van der Waals surface area contributed by atoms with Crippen molar-refractivity contribution in [2.45, 2.75) is 11.3 Å². The van der Waals surface area contributed by atoms with Crippen LogP contribution in [0.25, 0.3) is 16.5 Å². The van der Waals surface area contributed by atoms with Gasteiger partial charge in [-0.25, -0.2) is 22.7 Å². The molecule has 0 spiro atoms. The van der Waals surface area contributed by atoms with Crippen LogP contribution in [0.3, 0.4) is 0 Å². The molecular weight excluding hydrogens is 409 g/mol. The van der Waals surface area contributed by atoms with Crippen molar-refractivity contribution in [3.63, 3.8) is 0 Å². The molecule has 0 radical (unpaired) electrons. The van der Waals surface area contributed by atoms with E-state index in [4.69, 9.17) is 9.88 Å². The lowest BCUT2D eigenvalue weighted by molar-refractivity contribution is 0.0601. The lowest BCUT2D eigenvalue weighted by Crippen LogP contribution is -2.30. The number of nitrogens with one attached hydrogen (secondary N) is 1. The number of rotatable bonds is 4. The molecule has 0 saturated carbocycles. The molecule has 0 atom stereocenters. The molecule has 9 heteroatoms. The first-order valence-corrected chi connectivity index (χ1v) is 10.8. The maximum absolute atomic E-state index is 13.4. The number of aromatic nitrogens is 1. The normalized spacial score (nSPS) is 14.6. The van der Waals surface area contributed by atoms with Crippen LogP contribution in [0.5, 0.6) is 0 Å². The molecule has 2 aromatic carbocycles. The Morgan fingerprint density at radius 3 is 2.70 bits per heavy atom. The number of hydrogen-bond acceptors (Lipinski definition) is 5. The number of nitrogens with zero attached hydrogens (tertiary/aromatic N) is 1. The number of primary sulfonamides is 1. The van der Waals surface area contributed by atoms with Crippen LogP contribution in [-0.4, -0.2) is 39.6 Å². The highest BCUT2D eigenvalue weighted by Gasteiger charge is 2.23. The van der Waals surface area contributed by atoms with E-state index in [1.165, 1.54) is 31.4 Å². The minimum atomic E-state index is -3.95. The summed E-state index contributed by atoms with van der Waals surface area (Å²) < 4.78 is 41.6. The Morgan fingerprint density at radius 2 is 2.03 bits per heavy atom. The fourth-order valence-electron chi connectivity index (χ4n) is 3.74. The second-order valence-corrected chi connectivity index (χ2v) is 8.59. The van der Waals surface area contributed by atoms with E-state index in [9.17, 15) is 17.6 Å². The third-order valence-electron chi connectivity index (χ3n) is 5.24. The van der Waals surface area contributed by atoms with Gasteiger partial charge < -0.3 is 14.6 Å². The predicted octanol–water partition coefficient (Wildman–Crippen LogP) is 3.03. The summed E-state index contributed by atoms with van der Waals surface area (Å²) >= 11 is 0. The van der Waals surface area contributed by atoms with Crippen LogP contribution in [0.15, 0.2) is 53.6 Å². The molecule has 0 unspecified atom stereocenters. The number of carbonyl (C=O) groups excluding carboxylic acids is 1. The van der Waals surface area contributed by atoms with Gasteiger partial charge in [0.25, 0.3) is 0 Å². The molecule has 0 bridgehead atoms. The summed E-state index contributed by atoms with van der Waals surface area (Å²) in [5.41, 5.74) is 3.58. The Labute approximate surface area is 173 Å². The van der Waals surface area contributed by atoms with Crippen molar-refractivity contribution in [2.24, 2.45) is 5.14 Å². The van der Waals surface area contributed by atoms with E-state index in [1.807, 2.05) is 17.2 Å². The molecule has 3 N–H and O–H groups in total. The number of carbonyl (C=O) groups is 1. The van der Waals surface area contributed by atoms with Crippen LogP contribution in [0.4, 0.5) is 10.1 Å². The summed E-state index contributed by atoms with van der Waals surface area (Å²) in [6, 6.07) is 8.84. The zero-order valence-corrected chi connectivity index (χ0v) is 17.0. The Balaban J connectivity index is 1.66. The van der Waals surface area contributed by atoms with Crippen LogP contribution in [0.1, 0.15) is 22.3 Å². The van der Waals surface area contributed by atoms with E-state index in [0.29, 0.717) is 25.2 Å². The number of nitrogens with two attached hydrogens (primary N) is 1. The minimum absolute atomic E-state index is 0.142. The van der Waals surface area contributed by atoms with E-state index in [-0.39, 0.29) is 16.3 Å². The number of sulfonamides is 1. The maximum atomic E-state index is 13.4. The molecule has 2 heterocycles. The number of aromatic amines is 1. The summed E-state index contributed by atoms with van der Waals surface area (Å²) in [5.74, 6) is -0.929. The molecule has 7 nitrogen and oxygen atoms in total. The van der Waals surface area contributed by atoms with Crippen molar-refractivity contribution in [3.8, 4) is 0 Å². The summed E-state index contributed by atoms with van der Waals surface area (Å²) in [4.78, 5) is 17.2. The average molecular weight is 429 g/mol. The molecule has 0 fully saturated rings.